The van der Waals surface area contributed by atoms with Gasteiger partial charge in [-0.3, -0.25) is 0 Å². The van der Waals surface area contributed by atoms with Crippen LogP contribution in [0.25, 0.3) is 27.5 Å². The van der Waals surface area contributed by atoms with E-state index in [4.69, 9.17) is 33.3 Å². The van der Waals surface area contributed by atoms with E-state index in [1.807, 2.05) is 30.7 Å². The highest BCUT2D eigenvalue weighted by atomic mass is 35.5. The summed E-state index contributed by atoms with van der Waals surface area (Å²) < 4.78 is 16.6. The average molecular weight is 493 g/mol. The van der Waals surface area contributed by atoms with Gasteiger partial charge in [0.25, 0.3) is 0 Å². The van der Waals surface area contributed by atoms with Gasteiger partial charge in [-0.15, -0.1) is 11.8 Å². The van der Waals surface area contributed by atoms with Gasteiger partial charge in [0, 0.05) is 28.6 Å². The van der Waals surface area contributed by atoms with E-state index in [2.05, 4.69) is 18.8 Å². The number of pyridine rings is 1. The number of benzene rings is 1. The Bertz CT molecular complexity index is 1270. The quantitative estimate of drug-likeness (QED) is 0.212. The monoisotopic (exact) mass is 492 g/mol. The Balaban J connectivity index is 1.85. The van der Waals surface area contributed by atoms with E-state index in [1.54, 1.807) is 35.2 Å². The number of thioether (sulfide) groups is 1. The average Bonchev–Trinajstić information content (AvgIpc) is 3.24. The van der Waals surface area contributed by atoms with Gasteiger partial charge < -0.3 is 0 Å². The molecule has 0 saturated heterocycles. The fraction of sp³-hybridized carbons (Fsp3) is 0.227. The molecule has 0 spiro atoms. The third-order valence-electron chi connectivity index (χ3n) is 4.61. The maximum atomic E-state index is 13.7. The second-order valence-electron chi connectivity index (χ2n) is 7.25. The molecule has 160 valence electrons. The lowest BCUT2D eigenvalue weighted by Crippen LogP contribution is -1.98. The number of nitrogens with zero attached hydrogens (tertiary/aromatic N) is 4. The summed E-state index contributed by atoms with van der Waals surface area (Å²) in [5.74, 6) is -0.518. The maximum absolute atomic E-state index is 13.7. The van der Waals surface area contributed by atoms with Crippen molar-refractivity contribution in [3.8, 4) is 27.5 Å². The van der Waals surface area contributed by atoms with Gasteiger partial charge in [0.05, 0.1) is 31.3 Å². The topological polar surface area (TPSA) is 43.6 Å². The first kappa shape index (κ1) is 22.3. The SMILES string of the molecule is Cc1nn(-c2nc(-c3ccc(Cl)c(Cl)c3)c(SC(C)C)s2)c(C)c1-c1ccnc(F)c1. The number of hydrogen-bond acceptors (Lipinski definition) is 5. The first-order valence-electron chi connectivity index (χ1n) is 9.56. The van der Waals surface area contributed by atoms with Crippen LogP contribution in [0.15, 0.2) is 40.7 Å². The van der Waals surface area contributed by atoms with E-state index in [1.165, 1.54) is 12.3 Å². The minimum absolute atomic E-state index is 0.380. The lowest BCUT2D eigenvalue weighted by Gasteiger charge is -2.05. The van der Waals surface area contributed by atoms with Gasteiger partial charge in [-0.25, -0.2) is 14.6 Å². The third kappa shape index (κ3) is 4.51. The molecule has 0 unspecified atom stereocenters. The van der Waals surface area contributed by atoms with Crippen molar-refractivity contribution in [1.82, 2.24) is 19.7 Å². The summed E-state index contributed by atoms with van der Waals surface area (Å²) >= 11 is 15.7. The van der Waals surface area contributed by atoms with Gasteiger partial charge in [-0.05, 0) is 37.6 Å². The molecule has 4 nitrogen and oxygen atoms in total. The molecule has 0 fully saturated rings. The van der Waals surface area contributed by atoms with Crippen LogP contribution >= 0.6 is 46.3 Å². The minimum atomic E-state index is -0.518. The van der Waals surface area contributed by atoms with Crippen LogP contribution < -0.4 is 0 Å². The first-order valence-corrected chi connectivity index (χ1v) is 12.0. The number of thiazole rings is 1. The van der Waals surface area contributed by atoms with Gasteiger partial charge in [-0.2, -0.15) is 9.49 Å². The summed E-state index contributed by atoms with van der Waals surface area (Å²) in [5.41, 5.74) is 5.06. The van der Waals surface area contributed by atoms with Crippen LogP contribution in [0, 0.1) is 19.8 Å². The van der Waals surface area contributed by atoms with Crippen molar-refractivity contribution in [3.63, 3.8) is 0 Å². The molecule has 0 aliphatic heterocycles. The largest absolute Gasteiger partial charge is 0.228 e. The van der Waals surface area contributed by atoms with Gasteiger partial charge in [0.1, 0.15) is 0 Å². The number of hydrogen-bond donors (Lipinski definition) is 0. The molecule has 1 aromatic carbocycles. The molecule has 31 heavy (non-hydrogen) atoms. The lowest BCUT2D eigenvalue weighted by molar-refractivity contribution is 0.584. The van der Waals surface area contributed by atoms with Crippen LogP contribution in [-0.4, -0.2) is 25.0 Å². The molecule has 3 aromatic heterocycles. The highest BCUT2D eigenvalue weighted by Crippen LogP contribution is 2.41. The van der Waals surface area contributed by atoms with Crippen molar-refractivity contribution >= 4 is 46.3 Å². The van der Waals surface area contributed by atoms with Crippen molar-refractivity contribution in [1.29, 1.82) is 0 Å². The van der Waals surface area contributed by atoms with Gasteiger partial charge in [0.15, 0.2) is 0 Å². The molecule has 4 aromatic rings. The molecule has 0 aliphatic rings. The molecule has 0 atom stereocenters. The van der Waals surface area contributed by atoms with Crippen molar-refractivity contribution in [2.45, 2.75) is 37.2 Å². The lowest BCUT2D eigenvalue weighted by atomic mass is 10.1. The predicted octanol–water partition coefficient (Wildman–Crippen LogP) is 7.62. The predicted molar refractivity (Wildman–Crippen MR) is 128 cm³/mol. The summed E-state index contributed by atoms with van der Waals surface area (Å²) in [6, 6.07) is 8.74. The van der Waals surface area contributed by atoms with E-state index >= 15 is 0 Å². The molecule has 0 saturated carbocycles. The Hall–Kier alpha value is -1.93. The molecule has 9 heteroatoms. The van der Waals surface area contributed by atoms with E-state index in [9.17, 15) is 4.39 Å². The smallest absolute Gasteiger partial charge is 0.213 e. The highest BCUT2D eigenvalue weighted by Gasteiger charge is 2.21. The van der Waals surface area contributed by atoms with E-state index < -0.39 is 5.95 Å². The molecule has 0 aliphatic carbocycles. The van der Waals surface area contributed by atoms with E-state index in [0.717, 1.165) is 43.1 Å². The number of aryl methyl sites for hydroxylation is 1. The Kier molecular flexibility index (Phi) is 6.40. The van der Waals surface area contributed by atoms with Crippen molar-refractivity contribution in [3.05, 3.63) is 63.9 Å². The summed E-state index contributed by atoms with van der Waals surface area (Å²) in [4.78, 5) is 8.56. The highest BCUT2D eigenvalue weighted by molar-refractivity contribution is 8.01. The Morgan fingerprint density at radius 1 is 1.06 bits per heavy atom. The number of rotatable bonds is 5. The summed E-state index contributed by atoms with van der Waals surface area (Å²) in [6.45, 7) is 8.15. The first-order chi connectivity index (χ1) is 14.7. The van der Waals surface area contributed by atoms with Crippen molar-refractivity contribution in [2.24, 2.45) is 0 Å². The van der Waals surface area contributed by atoms with Gasteiger partial charge in [0.2, 0.25) is 11.1 Å². The summed E-state index contributed by atoms with van der Waals surface area (Å²) in [7, 11) is 0. The standard InChI is InChI=1S/C22H19Cl2FN4S2/c1-11(2)30-21-20(15-5-6-16(23)17(24)9-15)27-22(31-21)29-13(4)19(12(3)28-29)14-7-8-26-18(25)10-14/h5-11H,1-4H3. The zero-order valence-corrected chi connectivity index (χ0v) is 20.4. The fourth-order valence-corrected chi connectivity index (χ4v) is 6.13. The van der Waals surface area contributed by atoms with Crippen LogP contribution in [0.1, 0.15) is 25.2 Å². The van der Waals surface area contributed by atoms with Gasteiger partial charge in [-0.1, -0.05) is 54.5 Å². The molecule has 0 bridgehead atoms. The van der Waals surface area contributed by atoms with Crippen molar-refractivity contribution in [2.75, 3.05) is 0 Å². The minimum Gasteiger partial charge on any atom is -0.228 e. The van der Waals surface area contributed by atoms with Crippen LogP contribution in [0.3, 0.4) is 0 Å². The zero-order valence-electron chi connectivity index (χ0n) is 17.3. The summed E-state index contributed by atoms with van der Waals surface area (Å²) in [5, 5.41) is 6.83. The number of halogens is 3. The third-order valence-corrected chi connectivity index (χ3v) is 7.59. The summed E-state index contributed by atoms with van der Waals surface area (Å²) in [6.07, 6.45) is 1.46. The second kappa shape index (κ2) is 8.90. The molecular formula is C22H19Cl2FN4S2. The van der Waals surface area contributed by atoms with Crippen LogP contribution in [-0.2, 0) is 0 Å². The van der Waals surface area contributed by atoms with Crippen LogP contribution in [0.4, 0.5) is 4.39 Å². The fourth-order valence-electron chi connectivity index (χ4n) is 3.31. The molecule has 0 N–H and O–H groups in total. The molecular weight excluding hydrogens is 474 g/mol. The number of aromatic nitrogens is 4. The van der Waals surface area contributed by atoms with Gasteiger partial charge >= 0.3 is 0 Å². The van der Waals surface area contributed by atoms with Crippen LogP contribution in [0.5, 0.6) is 0 Å². The molecule has 4 rings (SSSR count). The second-order valence-corrected chi connectivity index (χ2v) is 10.9. The molecule has 0 amide bonds. The van der Waals surface area contributed by atoms with Crippen LogP contribution in [0.2, 0.25) is 10.0 Å². The maximum Gasteiger partial charge on any atom is 0.213 e. The normalized spacial score (nSPS) is 11.5. The van der Waals surface area contributed by atoms with Crippen molar-refractivity contribution < 1.29 is 4.39 Å². The zero-order chi connectivity index (χ0) is 22.3. The molecule has 3 heterocycles. The Morgan fingerprint density at radius 3 is 2.52 bits per heavy atom. The van der Waals surface area contributed by atoms with E-state index in [-0.39, 0.29) is 0 Å². The Labute approximate surface area is 198 Å². The molecule has 0 radical (unpaired) electrons. The van der Waals surface area contributed by atoms with E-state index in [0.29, 0.717) is 15.3 Å². The Morgan fingerprint density at radius 2 is 1.84 bits per heavy atom.